The number of nitrogens with zero attached hydrogens (tertiary/aromatic N) is 3. The van der Waals surface area contributed by atoms with E-state index < -0.39 is 0 Å². The molecule has 6 nitrogen and oxygen atoms in total. The fraction of sp³-hybridized carbons (Fsp3) is 0.360. The Kier molecular flexibility index (Phi) is 11.2. The molecule has 0 aliphatic carbocycles. The van der Waals surface area contributed by atoms with Crippen LogP contribution in [0.15, 0.2) is 65.7 Å². The molecule has 7 heteroatoms. The summed E-state index contributed by atoms with van der Waals surface area (Å²) < 4.78 is 0. The number of aliphatic imine (C=N–C) groups is 1. The highest BCUT2D eigenvalue weighted by atomic mass is 127. The van der Waals surface area contributed by atoms with Crippen LogP contribution in [0.4, 0.5) is 0 Å². The van der Waals surface area contributed by atoms with E-state index in [0.29, 0.717) is 18.7 Å². The first-order chi connectivity index (χ1) is 15.2. The summed E-state index contributed by atoms with van der Waals surface area (Å²) >= 11 is 0. The maximum Gasteiger partial charge on any atom is 0.251 e. The van der Waals surface area contributed by atoms with Crippen molar-refractivity contribution in [1.29, 1.82) is 0 Å². The molecule has 2 aromatic carbocycles. The molecule has 2 aromatic rings. The monoisotopic (exact) mass is 547 g/mol. The zero-order chi connectivity index (χ0) is 21.9. The molecule has 1 heterocycles. The lowest BCUT2D eigenvalue weighted by Gasteiger charge is -2.36. The molecule has 32 heavy (non-hydrogen) atoms. The highest BCUT2D eigenvalue weighted by Gasteiger charge is 2.18. The number of nitrogens with one attached hydrogen (secondary N) is 2. The van der Waals surface area contributed by atoms with E-state index in [1.165, 1.54) is 5.56 Å². The number of piperazine rings is 1. The zero-order valence-corrected chi connectivity index (χ0v) is 21.3. The van der Waals surface area contributed by atoms with Crippen LogP contribution in [-0.2, 0) is 6.54 Å². The molecular weight excluding hydrogens is 513 g/mol. The third-order valence-electron chi connectivity index (χ3n) is 5.33. The summed E-state index contributed by atoms with van der Waals surface area (Å²) in [5, 5.41) is 6.29. The summed E-state index contributed by atoms with van der Waals surface area (Å²) in [6.07, 6.45) is 4.42. The van der Waals surface area contributed by atoms with Gasteiger partial charge in [0.1, 0.15) is 0 Å². The van der Waals surface area contributed by atoms with Gasteiger partial charge < -0.3 is 15.5 Å². The third kappa shape index (κ3) is 7.94. The van der Waals surface area contributed by atoms with Gasteiger partial charge >= 0.3 is 0 Å². The van der Waals surface area contributed by atoms with Crippen LogP contribution in [0.2, 0.25) is 0 Å². The Balaban J connectivity index is 0.00000363. The average molecular weight is 547 g/mol. The Bertz CT molecular complexity index is 892. The van der Waals surface area contributed by atoms with Crippen molar-refractivity contribution in [1.82, 2.24) is 20.4 Å². The molecule has 1 fully saturated rings. The molecule has 0 unspecified atom stereocenters. The van der Waals surface area contributed by atoms with E-state index in [1.54, 1.807) is 0 Å². The van der Waals surface area contributed by atoms with Crippen molar-refractivity contribution in [2.75, 3.05) is 46.3 Å². The Morgan fingerprint density at radius 3 is 2.47 bits per heavy atom. The molecule has 0 radical (unpaired) electrons. The van der Waals surface area contributed by atoms with E-state index in [1.807, 2.05) is 44.3 Å². The lowest BCUT2D eigenvalue weighted by molar-refractivity contribution is 0.0955. The molecule has 2 N–H and O–H groups in total. The first-order valence-corrected chi connectivity index (χ1v) is 11.0. The van der Waals surface area contributed by atoms with Crippen molar-refractivity contribution in [3.8, 4) is 0 Å². The van der Waals surface area contributed by atoms with Crippen molar-refractivity contribution in [3.05, 3.63) is 77.4 Å². The van der Waals surface area contributed by atoms with Crippen molar-refractivity contribution in [2.24, 2.45) is 4.99 Å². The molecule has 0 bridgehead atoms. The summed E-state index contributed by atoms with van der Waals surface area (Å²) in [6.45, 7) is 8.05. The van der Waals surface area contributed by atoms with E-state index in [9.17, 15) is 4.79 Å². The van der Waals surface area contributed by atoms with Gasteiger partial charge in [-0.25, -0.2) is 0 Å². The van der Waals surface area contributed by atoms with Crippen LogP contribution in [0.3, 0.4) is 0 Å². The molecule has 1 aliphatic rings. The quantitative estimate of drug-likeness (QED) is 0.317. The molecular formula is C25H34IN5O. The summed E-state index contributed by atoms with van der Waals surface area (Å²) in [4.78, 5) is 21.3. The predicted molar refractivity (Wildman–Crippen MR) is 144 cm³/mol. The second kappa shape index (κ2) is 13.9. The van der Waals surface area contributed by atoms with Gasteiger partial charge in [-0.05, 0) is 30.2 Å². The fourth-order valence-corrected chi connectivity index (χ4v) is 3.64. The lowest BCUT2D eigenvalue weighted by Crippen LogP contribution is -2.52. The van der Waals surface area contributed by atoms with Gasteiger partial charge in [0.05, 0.1) is 0 Å². The van der Waals surface area contributed by atoms with Crippen LogP contribution in [-0.4, -0.2) is 68.0 Å². The lowest BCUT2D eigenvalue weighted by atomic mass is 10.1. The summed E-state index contributed by atoms with van der Waals surface area (Å²) in [6, 6.07) is 18.1. The second-order valence-electron chi connectivity index (χ2n) is 7.56. The SMILES string of the molecule is CCNC(=O)c1cccc(CNC(=NC)N2CCN(C/C=C/c3ccccc3)CC2)c1.I. The molecule has 0 aromatic heterocycles. The van der Waals surface area contributed by atoms with Crippen LogP contribution in [0.25, 0.3) is 6.08 Å². The first-order valence-electron chi connectivity index (χ1n) is 11.0. The van der Waals surface area contributed by atoms with Crippen molar-refractivity contribution in [3.63, 3.8) is 0 Å². The molecule has 3 rings (SSSR count). The number of rotatable bonds is 7. The fourth-order valence-electron chi connectivity index (χ4n) is 3.64. The molecule has 1 aliphatic heterocycles. The van der Waals surface area contributed by atoms with Crippen LogP contribution >= 0.6 is 24.0 Å². The highest BCUT2D eigenvalue weighted by molar-refractivity contribution is 14.0. The van der Waals surface area contributed by atoms with Crippen molar-refractivity contribution >= 4 is 41.9 Å². The van der Waals surface area contributed by atoms with E-state index in [-0.39, 0.29) is 29.9 Å². The van der Waals surface area contributed by atoms with Gasteiger partial charge in [0.15, 0.2) is 5.96 Å². The Labute approximate surface area is 208 Å². The molecule has 1 saturated heterocycles. The Morgan fingerprint density at radius 1 is 1.03 bits per heavy atom. The summed E-state index contributed by atoms with van der Waals surface area (Å²) in [7, 11) is 1.82. The Morgan fingerprint density at radius 2 is 1.78 bits per heavy atom. The molecule has 1 amide bonds. The molecule has 172 valence electrons. The number of halogens is 1. The average Bonchev–Trinajstić information content (AvgIpc) is 2.81. The number of amides is 1. The third-order valence-corrected chi connectivity index (χ3v) is 5.33. The maximum atomic E-state index is 12.1. The maximum absolute atomic E-state index is 12.1. The number of guanidine groups is 1. The number of carbonyl (C=O) groups is 1. The summed E-state index contributed by atoms with van der Waals surface area (Å²) in [5.41, 5.74) is 2.99. The van der Waals surface area contributed by atoms with E-state index >= 15 is 0 Å². The number of hydrogen-bond donors (Lipinski definition) is 2. The molecule has 0 atom stereocenters. The minimum absolute atomic E-state index is 0. The van der Waals surface area contributed by atoms with Gasteiger partial charge in [0.25, 0.3) is 5.91 Å². The first kappa shape index (κ1) is 25.9. The minimum atomic E-state index is -0.0360. The van der Waals surface area contributed by atoms with Crippen molar-refractivity contribution < 1.29 is 4.79 Å². The molecule has 0 spiro atoms. The Hall–Kier alpha value is -2.39. The van der Waals surface area contributed by atoms with Gasteiger partial charge in [-0.1, -0.05) is 54.6 Å². The normalized spacial score (nSPS) is 14.8. The van der Waals surface area contributed by atoms with Gasteiger partial charge in [-0.3, -0.25) is 14.7 Å². The van der Waals surface area contributed by atoms with Crippen molar-refractivity contribution in [2.45, 2.75) is 13.5 Å². The molecule has 0 saturated carbocycles. The summed E-state index contributed by atoms with van der Waals surface area (Å²) in [5.74, 6) is 0.869. The van der Waals surface area contributed by atoms with Gasteiger partial charge in [0, 0.05) is 58.4 Å². The minimum Gasteiger partial charge on any atom is -0.352 e. The topological polar surface area (TPSA) is 60.0 Å². The van der Waals surface area contributed by atoms with Gasteiger partial charge in [-0.2, -0.15) is 0 Å². The second-order valence-corrected chi connectivity index (χ2v) is 7.56. The largest absolute Gasteiger partial charge is 0.352 e. The van der Waals surface area contributed by atoms with Crippen LogP contribution in [0.5, 0.6) is 0 Å². The van der Waals surface area contributed by atoms with E-state index in [0.717, 1.165) is 44.2 Å². The van der Waals surface area contributed by atoms with Crippen LogP contribution in [0, 0.1) is 0 Å². The zero-order valence-electron chi connectivity index (χ0n) is 19.0. The smallest absolute Gasteiger partial charge is 0.251 e. The van der Waals surface area contributed by atoms with Gasteiger partial charge in [0.2, 0.25) is 0 Å². The number of hydrogen-bond acceptors (Lipinski definition) is 3. The van der Waals surface area contributed by atoms with E-state index in [4.69, 9.17) is 0 Å². The number of benzene rings is 2. The van der Waals surface area contributed by atoms with E-state index in [2.05, 4.69) is 61.8 Å². The van der Waals surface area contributed by atoms with Crippen LogP contribution < -0.4 is 10.6 Å². The van der Waals surface area contributed by atoms with Gasteiger partial charge in [-0.15, -0.1) is 24.0 Å². The highest BCUT2D eigenvalue weighted by Crippen LogP contribution is 2.08. The van der Waals surface area contributed by atoms with Crippen LogP contribution in [0.1, 0.15) is 28.4 Å². The number of carbonyl (C=O) groups excluding carboxylic acids is 1. The predicted octanol–water partition coefficient (Wildman–Crippen LogP) is 3.46. The standard InChI is InChI=1S/C25H33N5O.HI/c1-3-27-24(31)23-13-7-11-22(19-23)20-28-25(26-2)30-17-15-29(16-18-30)14-8-12-21-9-5-4-6-10-21;/h4-13,19H,3,14-18,20H2,1-2H3,(H,26,28)(H,27,31);1H/b12-8+;.